The third-order valence-corrected chi connectivity index (χ3v) is 2.25. The van der Waals surface area contributed by atoms with Gasteiger partial charge in [-0.15, -0.1) is 0 Å². The largest absolute Gasteiger partial charge is 0.494 e. The van der Waals surface area contributed by atoms with E-state index in [1.54, 1.807) is 24.1 Å². The number of methoxy groups -OCH3 is 1. The van der Waals surface area contributed by atoms with Gasteiger partial charge in [-0.05, 0) is 12.1 Å². The SMILES string of the molecule is COc1cc(/C=N/O)cc2cnn(C)c12. The Morgan fingerprint density at radius 2 is 2.33 bits per heavy atom. The van der Waals surface area contributed by atoms with Crippen LogP contribution in [0.3, 0.4) is 0 Å². The summed E-state index contributed by atoms with van der Waals surface area (Å²) in [4.78, 5) is 0. The van der Waals surface area contributed by atoms with Gasteiger partial charge in [0.05, 0.1) is 19.5 Å². The average Bonchev–Trinajstić information content (AvgIpc) is 2.60. The van der Waals surface area contributed by atoms with Gasteiger partial charge in [0.25, 0.3) is 0 Å². The Hall–Kier alpha value is -2.04. The van der Waals surface area contributed by atoms with Crippen molar-refractivity contribution in [2.45, 2.75) is 0 Å². The monoisotopic (exact) mass is 205 g/mol. The number of ether oxygens (including phenoxy) is 1. The lowest BCUT2D eigenvalue weighted by Gasteiger charge is -2.04. The lowest BCUT2D eigenvalue weighted by Crippen LogP contribution is -1.94. The maximum Gasteiger partial charge on any atom is 0.145 e. The van der Waals surface area contributed by atoms with Crippen LogP contribution in [0.5, 0.6) is 5.75 Å². The van der Waals surface area contributed by atoms with Crippen molar-refractivity contribution in [1.29, 1.82) is 0 Å². The second-order valence-electron chi connectivity index (χ2n) is 3.17. The molecule has 0 saturated carbocycles. The Balaban J connectivity index is 2.73. The van der Waals surface area contributed by atoms with Crippen molar-refractivity contribution in [1.82, 2.24) is 9.78 Å². The van der Waals surface area contributed by atoms with Crippen molar-refractivity contribution in [3.05, 3.63) is 23.9 Å². The first-order valence-electron chi connectivity index (χ1n) is 4.43. The molecule has 0 bridgehead atoms. The van der Waals surface area contributed by atoms with Crippen LogP contribution in [0.4, 0.5) is 0 Å². The van der Waals surface area contributed by atoms with Gasteiger partial charge < -0.3 is 9.94 Å². The molecule has 0 amide bonds. The summed E-state index contributed by atoms with van der Waals surface area (Å²) in [6.07, 6.45) is 3.10. The number of rotatable bonds is 2. The number of nitrogens with zero attached hydrogens (tertiary/aromatic N) is 3. The van der Waals surface area contributed by atoms with Gasteiger partial charge in [0.1, 0.15) is 11.3 Å². The zero-order chi connectivity index (χ0) is 10.8. The van der Waals surface area contributed by atoms with Gasteiger partial charge in [-0.25, -0.2) is 0 Å². The van der Waals surface area contributed by atoms with E-state index in [9.17, 15) is 0 Å². The van der Waals surface area contributed by atoms with E-state index in [-0.39, 0.29) is 0 Å². The molecule has 0 aliphatic rings. The predicted molar refractivity (Wildman–Crippen MR) is 56.6 cm³/mol. The van der Waals surface area contributed by atoms with Crippen molar-refractivity contribution in [3.63, 3.8) is 0 Å². The molecule has 0 aliphatic heterocycles. The standard InChI is InChI=1S/C10H11N3O2/c1-13-10-8(6-11-13)3-7(5-12-14)4-9(10)15-2/h3-6,14H,1-2H3/b12-5+. The van der Waals surface area contributed by atoms with E-state index in [4.69, 9.17) is 9.94 Å². The normalized spacial score (nSPS) is 11.3. The first-order chi connectivity index (χ1) is 7.26. The molecular weight excluding hydrogens is 194 g/mol. The lowest BCUT2D eigenvalue weighted by atomic mass is 10.1. The van der Waals surface area contributed by atoms with Crippen molar-refractivity contribution < 1.29 is 9.94 Å². The quantitative estimate of drug-likeness (QED) is 0.458. The third kappa shape index (κ3) is 1.52. The molecule has 0 atom stereocenters. The molecule has 1 aromatic heterocycles. The molecule has 0 saturated heterocycles. The number of fused-ring (bicyclic) bond motifs is 1. The Bertz CT molecular complexity index is 517. The van der Waals surface area contributed by atoms with Crippen LogP contribution in [0.2, 0.25) is 0 Å². The van der Waals surface area contributed by atoms with Crippen molar-refractivity contribution in [2.24, 2.45) is 12.2 Å². The molecule has 0 fully saturated rings. The van der Waals surface area contributed by atoms with E-state index in [1.807, 2.05) is 13.1 Å². The summed E-state index contributed by atoms with van der Waals surface area (Å²) in [5, 5.41) is 16.5. The summed E-state index contributed by atoms with van der Waals surface area (Å²) in [5.74, 6) is 0.711. The van der Waals surface area contributed by atoms with Crippen LogP contribution < -0.4 is 4.74 Å². The Morgan fingerprint density at radius 1 is 1.53 bits per heavy atom. The number of hydrogen-bond acceptors (Lipinski definition) is 4. The molecule has 2 aromatic rings. The number of benzene rings is 1. The molecule has 2 rings (SSSR count). The maximum atomic E-state index is 8.47. The van der Waals surface area contributed by atoms with Gasteiger partial charge in [0.2, 0.25) is 0 Å². The molecule has 15 heavy (non-hydrogen) atoms. The minimum atomic E-state index is 0.711. The molecule has 1 aromatic carbocycles. The molecule has 0 spiro atoms. The average molecular weight is 205 g/mol. The first-order valence-corrected chi connectivity index (χ1v) is 4.43. The maximum absolute atomic E-state index is 8.47. The van der Waals surface area contributed by atoms with Gasteiger partial charge in [-0.3, -0.25) is 4.68 Å². The van der Waals surface area contributed by atoms with Crippen LogP contribution in [0.15, 0.2) is 23.5 Å². The van der Waals surface area contributed by atoms with E-state index in [0.717, 1.165) is 16.5 Å². The van der Waals surface area contributed by atoms with Gasteiger partial charge >= 0.3 is 0 Å². The van der Waals surface area contributed by atoms with Gasteiger partial charge in [0, 0.05) is 18.0 Å². The highest BCUT2D eigenvalue weighted by atomic mass is 16.5. The summed E-state index contributed by atoms with van der Waals surface area (Å²) in [6.45, 7) is 0. The minimum Gasteiger partial charge on any atom is -0.494 e. The van der Waals surface area contributed by atoms with E-state index in [0.29, 0.717) is 5.75 Å². The predicted octanol–water partition coefficient (Wildman–Crippen LogP) is 1.39. The van der Waals surface area contributed by atoms with E-state index < -0.39 is 0 Å². The summed E-state index contributed by atoms with van der Waals surface area (Å²) in [5.41, 5.74) is 1.70. The zero-order valence-corrected chi connectivity index (χ0v) is 8.51. The molecule has 0 unspecified atom stereocenters. The van der Waals surface area contributed by atoms with Gasteiger partial charge in [-0.2, -0.15) is 5.10 Å². The summed E-state index contributed by atoms with van der Waals surface area (Å²) >= 11 is 0. The topological polar surface area (TPSA) is 59.6 Å². The van der Waals surface area contributed by atoms with Crippen molar-refractivity contribution in [2.75, 3.05) is 7.11 Å². The fourth-order valence-electron chi connectivity index (χ4n) is 1.60. The fourth-order valence-corrected chi connectivity index (χ4v) is 1.60. The Morgan fingerprint density at radius 3 is 3.00 bits per heavy atom. The molecule has 1 heterocycles. The molecule has 5 nitrogen and oxygen atoms in total. The van der Waals surface area contributed by atoms with Crippen LogP contribution in [0, 0.1) is 0 Å². The highest BCUT2D eigenvalue weighted by Gasteiger charge is 2.07. The zero-order valence-electron chi connectivity index (χ0n) is 8.51. The smallest absolute Gasteiger partial charge is 0.145 e. The van der Waals surface area contributed by atoms with Gasteiger partial charge in [-0.1, -0.05) is 5.16 Å². The van der Waals surface area contributed by atoms with Crippen molar-refractivity contribution >= 4 is 17.1 Å². The van der Waals surface area contributed by atoms with Crippen LogP contribution in [0.1, 0.15) is 5.56 Å². The summed E-state index contributed by atoms with van der Waals surface area (Å²) in [6, 6.07) is 3.67. The molecule has 1 N–H and O–H groups in total. The summed E-state index contributed by atoms with van der Waals surface area (Å²) < 4.78 is 6.99. The number of aryl methyl sites for hydroxylation is 1. The third-order valence-electron chi connectivity index (χ3n) is 2.25. The summed E-state index contributed by atoms with van der Waals surface area (Å²) in [7, 11) is 3.45. The van der Waals surface area contributed by atoms with E-state index in [2.05, 4.69) is 10.3 Å². The van der Waals surface area contributed by atoms with Crippen molar-refractivity contribution in [3.8, 4) is 5.75 Å². The molecule has 0 radical (unpaired) electrons. The number of hydrogen-bond donors (Lipinski definition) is 1. The minimum absolute atomic E-state index is 0.711. The van der Waals surface area contributed by atoms with Crippen LogP contribution in [-0.2, 0) is 7.05 Å². The van der Waals surface area contributed by atoms with Crippen LogP contribution in [0.25, 0.3) is 10.9 Å². The highest BCUT2D eigenvalue weighted by molar-refractivity contribution is 5.92. The Labute approximate surface area is 86.6 Å². The molecule has 5 heteroatoms. The fraction of sp³-hybridized carbons (Fsp3) is 0.200. The molecular formula is C10H11N3O2. The van der Waals surface area contributed by atoms with Crippen LogP contribution >= 0.6 is 0 Å². The Kier molecular flexibility index (Phi) is 2.29. The number of aromatic nitrogens is 2. The second kappa shape index (κ2) is 3.61. The molecule has 78 valence electrons. The van der Waals surface area contributed by atoms with E-state index in [1.165, 1.54) is 6.21 Å². The number of oxime groups is 1. The van der Waals surface area contributed by atoms with Gasteiger partial charge in [0.15, 0.2) is 0 Å². The first kappa shape index (κ1) is 9.51. The highest BCUT2D eigenvalue weighted by Crippen LogP contribution is 2.26. The second-order valence-corrected chi connectivity index (χ2v) is 3.17. The van der Waals surface area contributed by atoms with Crippen LogP contribution in [-0.4, -0.2) is 28.3 Å². The van der Waals surface area contributed by atoms with E-state index >= 15 is 0 Å². The molecule has 0 aliphatic carbocycles. The lowest BCUT2D eigenvalue weighted by molar-refractivity contribution is 0.322.